The van der Waals surface area contributed by atoms with E-state index in [0.29, 0.717) is 6.42 Å². The zero-order valence-corrected chi connectivity index (χ0v) is 9.70. The second kappa shape index (κ2) is 6.88. The first-order valence-corrected chi connectivity index (χ1v) is 5.77. The van der Waals surface area contributed by atoms with Crippen LogP contribution in [0.3, 0.4) is 0 Å². The van der Waals surface area contributed by atoms with Gasteiger partial charge in [0, 0.05) is 18.7 Å². The lowest BCUT2D eigenvalue weighted by molar-refractivity contribution is -0.137. The third kappa shape index (κ3) is 4.82. The summed E-state index contributed by atoms with van der Waals surface area (Å²) in [5, 5.41) is 11.8. The molecule has 1 rings (SSSR count). The summed E-state index contributed by atoms with van der Waals surface area (Å²) >= 11 is 0. The average molecular weight is 221 g/mol. The number of anilines is 1. The predicted octanol–water partition coefficient (Wildman–Crippen LogP) is 2.92. The molecular weight excluding hydrogens is 202 g/mol. The topological polar surface area (TPSA) is 49.3 Å². The molecule has 0 fully saturated rings. The molecule has 88 valence electrons. The van der Waals surface area contributed by atoms with Gasteiger partial charge in [-0.3, -0.25) is 4.79 Å². The average Bonchev–Trinajstić information content (AvgIpc) is 2.27. The van der Waals surface area contributed by atoms with Crippen molar-refractivity contribution in [3.63, 3.8) is 0 Å². The van der Waals surface area contributed by atoms with Crippen LogP contribution in [-0.4, -0.2) is 17.6 Å². The van der Waals surface area contributed by atoms with E-state index in [1.165, 1.54) is 5.56 Å². The van der Waals surface area contributed by atoms with E-state index in [1.54, 1.807) is 0 Å². The molecule has 0 saturated carbocycles. The number of carbonyl (C=O) groups is 1. The molecule has 0 bridgehead atoms. The molecule has 1 aromatic rings. The molecule has 3 nitrogen and oxygen atoms in total. The molecule has 0 amide bonds. The summed E-state index contributed by atoms with van der Waals surface area (Å²) in [5.41, 5.74) is 2.33. The number of nitrogens with one attached hydrogen (secondary N) is 1. The monoisotopic (exact) mass is 221 g/mol. The smallest absolute Gasteiger partial charge is 0.303 e. The van der Waals surface area contributed by atoms with Crippen molar-refractivity contribution < 1.29 is 9.90 Å². The maximum absolute atomic E-state index is 10.4. The molecule has 0 aliphatic heterocycles. The third-order valence-electron chi connectivity index (χ3n) is 2.39. The van der Waals surface area contributed by atoms with Gasteiger partial charge in [0.2, 0.25) is 0 Å². The Labute approximate surface area is 96.5 Å². The Kier molecular flexibility index (Phi) is 5.40. The van der Waals surface area contributed by atoms with Gasteiger partial charge in [-0.25, -0.2) is 0 Å². The van der Waals surface area contributed by atoms with Crippen LogP contribution >= 0.6 is 0 Å². The first kappa shape index (κ1) is 12.6. The Morgan fingerprint density at radius 2 is 2.00 bits per heavy atom. The Balaban J connectivity index is 2.36. The second-order valence-corrected chi connectivity index (χ2v) is 3.87. The van der Waals surface area contributed by atoms with Crippen LogP contribution in [0, 0.1) is 0 Å². The lowest BCUT2D eigenvalue weighted by Crippen LogP contribution is -1.99. The highest BCUT2D eigenvalue weighted by atomic mass is 16.4. The molecule has 0 aliphatic carbocycles. The number of aryl methyl sites for hydroxylation is 1. The summed E-state index contributed by atoms with van der Waals surface area (Å²) in [4.78, 5) is 10.4. The Bertz CT molecular complexity index is 319. The number of rotatable bonds is 7. The van der Waals surface area contributed by atoms with Crippen LogP contribution < -0.4 is 5.32 Å². The van der Waals surface area contributed by atoms with Crippen LogP contribution in [0.4, 0.5) is 5.69 Å². The van der Waals surface area contributed by atoms with Crippen molar-refractivity contribution in [1.29, 1.82) is 0 Å². The summed E-state index contributed by atoms with van der Waals surface area (Å²) in [6.45, 7) is 3.12. The van der Waals surface area contributed by atoms with Gasteiger partial charge < -0.3 is 10.4 Å². The number of carboxylic acids is 1. The number of aliphatic carboxylic acids is 1. The van der Waals surface area contributed by atoms with Gasteiger partial charge in [0.15, 0.2) is 0 Å². The zero-order chi connectivity index (χ0) is 11.8. The zero-order valence-electron chi connectivity index (χ0n) is 9.70. The van der Waals surface area contributed by atoms with Gasteiger partial charge in [-0.15, -0.1) is 0 Å². The van der Waals surface area contributed by atoms with Crippen molar-refractivity contribution in [1.82, 2.24) is 0 Å². The maximum atomic E-state index is 10.4. The SMILES string of the molecule is CCCNc1ccc(CCCC(=O)O)cc1. The molecule has 0 heterocycles. The van der Waals surface area contributed by atoms with Gasteiger partial charge in [0.05, 0.1) is 0 Å². The third-order valence-corrected chi connectivity index (χ3v) is 2.39. The number of hydrogen-bond acceptors (Lipinski definition) is 2. The molecule has 2 N–H and O–H groups in total. The molecule has 0 aliphatic rings. The largest absolute Gasteiger partial charge is 0.481 e. The van der Waals surface area contributed by atoms with E-state index in [9.17, 15) is 4.79 Å². The fourth-order valence-corrected chi connectivity index (χ4v) is 1.50. The molecule has 0 atom stereocenters. The van der Waals surface area contributed by atoms with E-state index in [1.807, 2.05) is 12.1 Å². The van der Waals surface area contributed by atoms with Crippen LogP contribution in [0.25, 0.3) is 0 Å². The summed E-state index contributed by atoms with van der Waals surface area (Å²) in [5.74, 6) is -0.721. The van der Waals surface area contributed by atoms with Crippen molar-refractivity contribution in [3.8, 4) is 0 Å². The minimum Gasteiger partial charge on any atom is -0.481 e. The normalized spacial score (nSPS) is 10.1. The number of carboxylic acid groups (broad SMARTS) is 1. The first-order valence-electron chi connectivity index (χ1n) is 5.77. The summed E-state index contributed by atoms with van der Waals surface area (Å²) in [7, 11) is 0. The predicted molar refractivity (Wildman–Crippen MR) is 65.8 cm³/mol. The Morgan fingerprint density at radius 1 is 1.31 bits per heavy atom. The fourth-order valence-electron chi connectivity index (χ4n) is 1.50. The van der Waals surface area contributed by atoms with E-state index >= 15 is 0 Å². The van der Waals surface area contributed by atoms with E-state index in [-0.39, 0.29) is 6.42 Å². The molecule has 16 heavy (non-hydrogen) atoms. The minimum absolute atomic E-state index is 0.246. The number of hydrogen-bond donors (Lipinski definition) is 2. The van der Waals surface area contributed by atoms with E-state index < -0.39 is 5.97 Å². The lowest BCUT2D eigenvalue weighted by atomic mass is 10.1. The quantitative estimate of drug-likeness (QED) is 0.744. The fraction of sp³-hybridized carbons (Fsp3) is 0.462. The minimum atomic E-state index is -0.721. The van der Waals surface area contributed by atoms with Crippen molar-refractivity contribution in [2.75, 3.05) is 11.9 Å². The van der Waals surface area contributed by atoms with Crippen molar-refractivity contribution in [2.45, 2.75) is 32.6 Å². The molecule has 0 saturated heterocycles. The summed E-state index contributed by atoms with van der Waals surface area (Å²) < 4.78 is 0. The summed E-state index contributed by atoms with van der Waals surface area (Å²) in [6, 6.07) is 8.21. The highest BCUT2D eigenvalue weighted by Gasteiger charge is 1.98. The highest BCUT2D eigenvalue weighted by molar-refractivity contribution is 5.66. The number of benzene rings is 1. The lowest BCUT2D eigenvalue weighted by Gasteiger charge is -2.05. The molecule has 0 spiro atoms. The molecule has 3 heteroatoms. The van der Waals surface area contributed by atoms with Crippen molar-refractivity contribution in [3.05, 3.63) is 29.8 Å². The van der Waals surface area contributed by atoms with E-state index in [4.69, 9.17) is 5.11 Å². The molecule has 0 radical (unpaired) electrons. The van der Waals surface area contributed by atoms with Gasteiger partial charge >= 0.3 is 5.97 Å². The first-order chi connectivity index (χ1) is 7.72. The highest BCUT2D eigenvalue weighted by Crippen LogP contribution is 2.11. The molecule has 0 aromatic heterocycles. The van der Waals surface area contributed by atoms with Gasteiger partial charge in [0.1, 0.15) is 0 Å². The van der Waals surface area contributed by atoms with Gasteiger partial charge in [0.25, 0.3) is 0 Å². The van der Waals surface area contributed by atoms with Crippen molar-refractivity contribution in [2.24, 2.45) is 0 Å². The van der Waals surface area contributed by atoms with Crippen LogP contribution in [-0.2, 0) is 11.2 Å². The Hall–Kier alpha value is -1.51. The Morgan fingerprint density at radius 3 is 2.56 bits per heavy atom. The molecule has 0 unspecified atom stereocenters. The van der Waals surface area contributed by atoms with Gasteiger partial charge in [-0.05, 0) is 37.0 Å². The standard InChI is InChI=1S/C13H19NO2/c1-2-10-14-12-8-6-11(7-9-12)4-3-5-13(15)16/h6-9,14H,2-5,10H2,1H3,(H,15,16). The van der Waals surface area contributed by atoms with E-state index in [0.717, 1.165) is 25.1 Å². The van der Waals surface area contributed by atoms with Crippen LogP contribution in [0.1, 0.15) is 31.7 Å². The summed E-state index contributed by atoms with van der Waals surface area (Å²) in [6.07, 6.45) is 2.90. The van der Waals surface area contributed by atoms with E-state index in [2.05, 4.69) is 24.4 Å². The van der Waals surface area contributed by atoms with Crippen LogP contribution in [0.2, 0.25) is 0 Å². The van der Waals surface area contributed by atoms with Crippen LogP contribution in [0.15, 0.2) is 24.3 Å². The van der Waals surface area contributed by atoms with Gasteiger partial charge in [-0.2, -0.15) is 0 Å². The van der Waals surface area contributed by atoms with Gasteiger partial charge in [-0.1, -0.05) is 19.1 Å². The van der Waals surface area contributed by atoms with Crippen molar-refractivity contribution >= 4 is 11.7 Å². The molecular formula is C13H19NO2. The maximum Gasteiger partial charge on any atom is 0.303 e. The molecule has 1 aromatic carbocycles. The second-order valence-electron chi connectivity index (χ2n) is 3.87. The van der Waals surface area contributed by atoms with Crippen LogP contribution in [0.5, 0.6) is 0 Å².